The van der Waals surface area contributed by atoms with Crippen molar-refractivity contribution in [3.05, 3.63) is 35.9 Å². The maximum atomic E-state index is 11.9. The van der Waals surface area contributed by atoms with Crippen LogP contribution in [0.5, 0.6) is 0 Å². The minimum Gasteiger partial charge on any atom is -0.358 e. The Bertz CT molecular complexity index is 399. The molecule has 1 heterocycles. The molecule has 2 nitrogen and oxygen atoms in total. The first kappa shape index (κ1) is 12.6. The predicted octanol–water partition coefficient (Wildman–Crippen LogP) is 2.98. The third kappa shape index (κ3) is 3.54. The van der Waals surface area contributed by atoms with E-state index in [0.717, 1.165) is 23.0 Å². The van der Waals surface area contributed by atoms with Gasteiger partial charge >= 0.3 is 0 Å². The zero-order valence-corrected chi connectivity index (χ0v) is 11.2. The number of ketones is 1. The van der Waals surface area contributed by atoms with Crippen molar-refractivity contribution in [3.8, 4) is 0 Å². The number of rotatable bonds is 3. The summed E-state index contributed by atoms with van der Waals surface area (Å²) in [6.45, 7) is 2.09. The Hall–Kier alpha value is -0.870. The first-order chi connectivity index (χ1) is 8.27. The molecule has 0 N–H and O–H groups in total. The largest absolute Gasteiger partial charge is 0.358 e. The highest BCUT2D eigenvalue weighted by atomic mass is 32.2. The molecule has 0 amide bonds. The van der Waals surface area contributed by atoms with Crippen LogP contribution in [0.15, 0.2) is 30.3 Å². The Kier molecular flexibility index (Phi) is 4.57. The van der Waals surface area contributed by atoms with Crippen molar-refractivity contribution in [2.75, 3.05) is 18.8 Å². The normalized spacial score (nSPS) is 14.9. The van der Waals surface area contributed by atoms with Crippen molar-refractivity contribution in [3.63, 3.8) is 0 Å². The van der Waals surface area contributed by atoms with E-state index in [1.807, 2.05) is 30.3 Å². The van der Waals surface area contributed by atoms with Gasteiger partial charge in [-0.1, -0.05) is 54.3 Å². The number of thiocarbonyl (C=S) groups is 1. The molecule has 1 aromatic rings. The minimum atomic E-state index is 0.150. The molecule has 0 aromatic heterocycles. The molecule has 0 bridgehead atoms. The lowest BCUT2D eigenvalue weighted by Gasteiger charge is -2.17. The topological polar surface area (TPSA) is 20.3 Å². The number of nitrogens with zero attached hydrogens (tertiary/aromatic N) is 1. The molecule has 0 spiro atoms. The van der Waals surface area contributed by atoms with Gasteiger partial charge in [0.15, 0.2) is 5.78 Å². The summed E-state index contributed by atoms with van der Waals surface area (Å²) < 4.78 is 0.867. The van der Waals surface area contributed by atoms with E-state index in [9.17, 15) is 4.79 Å². The molecule has 4 heteroatoms. The van der Waals surface area contributed by atoms with Crippen LogP contribution in [-0.2, 0) is 0 Å². The number of Topliss-reactive ketones (excluding diaryl/α,β-unsaturated/α-hetero) is 1. The van der Waals surface area contributed by atoms with Gasteiger partial charge in [0.25, 0.3) is 0 Å². The lowest BCUT2D eigenvalue weighted by atomic mass is 10.2. The van der Waals surface area contributed by atoms with E-state index in [2.05, 4.69) is 4.90 Å². The molecule has 0 radical (unpaired) electrons. The molecule has 2 rings (SSSR count). The second kappa shape index (κ2) is 6.17. The first-order valence-corrected chi connectivity index (χ1v) is 7.17. The third-order valence-corrected chi connectivity index (χ3v) is 4.31. The van der Waals surface area contributed by atoms with E-state index in [-0.39, 0.29) is 5.78 Å². The monoisotopic (exact) mass is 265 g/mol. The van der Waals surface area contributed by atoms with Crippen molar-refractivity contribution in [1.82, 2.24) is 4.90 Å². The van der Waals surface area contributed by atoms with E-state index in [1.165, 1.54) is 24.6 Å². The minimum absolute atomic E-state index is 0.150. The molecular formula is C13H15NOS2. The number of carbonyl (C=O) groups excluding carboxylic acids is 1. The van der Waals surface area contributed by atoms with Crippen LogP contribution in [0.2, 0.25) is 0 Å². The van der Waals surface area contributed by atoms with Crippen LogP contribution >= 0.6 is 24.0 Å². The second-order valence-corrected chi connectivity index (χ2v) is 5.65. The fourth-order valence-corrected chi connectivity index (χ4v) is 2.97. The van der Waals surface area contributed by atoms with Crippen LogP contribution in [0, 0.1) is 0 Å². The first-order valence-electron chi connectivity index (χ1n) is 5.77. The Morgan fingerprint density at radius 2 is 1.88 bits per heavy atom. The summed E-state index contributed by atoms with van der Waals surface area (Å²) in [6.07, 6.45) is 2.43. The smallest absolute Gasteiger partial charge is 0.173 e. The van der Waals surface area contributed by atoms with Gasteiger partial charge in [0.1, 0.15) is 4.32 Å². The highest BCUT2D eigenvalue weighted by Crippen LogP contribution is 2.17. The van der Waals surface area contributed by atoms with E-state index in [4.69, 9.17) is 12.2 Å². The number of benzene rings is 1. The quantitative estimate of drug-likeness (QED) is 0.618. The third-order valence-electron chi connectivity index (χ3n) is 2.79. The molecule has 1 saturated heterocycles. The summed E-state index contributed by atoms with van der Waals surface area (Å²) in [5.41, 5.74) is 0.768. The number of likely N-dealkylation sites (tertiary alicyclic amines) is 1. The van der Waals surface area contributed by atoms with Gasteiger partial charge in [-0.15, -0.1) is 0 Å². The summed E-state index contributed by atoms with van der Waals surface area (Å²) in [5, 5.41) is 0. The van der Waals surface area contributed by atoms with Crippen LogP contribution in [-0.4, -0.2) is 33.8 Å². The standard InChI is InChI=1S/C13H15NOS2/c15-12(11-6-2-1-3-7-11)10-17-13(16)14-8-4-5-9-14/h1-3,6-7H,4-5,8-10H2. The van der Waals surface area contributed by atoms with Crippen LogP contribution in [0.1, 0.15) is 23.2 Å². The van der Waals surface area contributed by atoms with Crippen LogP contribution in [0.25, 0.3) is 0 Å². The predicted molar refractivity (Wildman–Crippen MR) is 76.6 cm³/mol. The Morgan fingerprint density at radius 3 is 2.53 bits per heavy atom. The van der Waals surface area contributed by atoms with Crippen molar-refractivity contribution in [2.45, 2.75) is 12.8 Å². The van der Waals surface area contributed by atoms with Gasteiger partial charge in [0, 0.05) is 18.7 Å². The van der Waals surface area contributed by atoms with Gasteiger partial charge in [-0.25, -0.2) is 0 Å². The van der Waals surface area contributed by atoms with Gasteiger partial charge < -0.3 is 4.90 Å². The number of hydrogen-bond acceptors (Lipinski definition) is 3. The Balaban J connectivity index is 1.82. The highest BCUT2D eigenvalue weighted by Gasteiger charge is 2.16. The summed E-state index contributed by atoms with van der Waals surface area (Å²) in [6, 6.07) is 9.38. The van der Waals surface area contributed by atoms with Crippen LogP contribution in [0.3, 0.4) is 0 Å². The van der Waals surface area contributed by atoms with Gasteiger partial charge in [-0.3, -0.25) is 4.79 Å². The zero-order valence-electron chi connectivity index (χ0n) is 9.59. The Labute approximate surface area is 111 Å². The van der Waals surface area contributed by atoms with E-state index < -0.39 is 0 Å². The summed E-state index contributed by atoms with van der Waals surface area (Å²) >= 11 is 6.80. The number of carbonyl (C=O) groups is 1. The van der Waals surface area contributed by atoms with Crippen LogP contribution < -0.4 is 0 Å². The maximum Gasteiger partial charge on any atom is 0.173 e. The Morgan fingerprint density at radius 1 is 1.24 bits per heavy atom. The zero-order chi connectivity index (χ0) is 12.1. The fourth-order valence-electron chi connectivity index (χ4n) is 1.83. The lowest BCUT2D eigenvalue weighted by molar-refractivity contribution is 0.102. The average molecular weight is 265 g/mol. The van der Waals surface area contributed by atoms with Crippen molar-refractivity contribution in [1.29, 1.82) is 0 Å². The number of thioether (sulfide) groups is 1. The van der Waals surface area contributed by atoms with E-state index in [0.29, 0.717) is 5.75 Å². The van der Waals surface area contributed by atoms with Gasteiger partial charge in [-0.05, 0) is 12.8 Å². The van der Waals surface area contributed by atoms with Crippen LogP contribution in [0.4, 0.5) is 0 Å². The van der Waals surface area contributed by atoms with E-state index in [1.54, 1.807) is 0 Å². The maximum absolute atomic E-state index is 11.9. The number of hydrogen-bond donors (Lipinski definition) is 0. The molecule has 1 aromatic carbocycles. The molecule has 0 atom stereocenters. The van der Waals surface area contributed by atoms with Crippen molar-refractivity contribution < 1.29 is 4.79 Å². The van der Waals surface area contributed by atoms with Gasteiger partial charge in [-0.2, -0.15) is 0 Å². The van der Waals surface area contributed by atoms with Crippen molar-refractivity contribution in [2.24, 2.45) is 0 Å². The molecule has 1 aliphatic rings. The molecular weight excluding hydrogens is 250 g/mol. The summed E-state index contributed by atoms with van der Waals surface area (Å²) in [7, 11) is 0. The molecule has 0 saturated carbocycles. The molecule has 0 unspecified atom stereocenters. The molecule has 90 valence electrons. The second-order valence-electron chi connectivity index (χ2n) is 4.04. The average Bonchev–Trinajstić information content (AvgIpc) is 2.90. The molecule has 0 aliphatic carbocycles. The van der Waals surface area contributed by atoms with Crippen molar-refractivity contribution >= 4 is 34.1 Å². The van der Waals surface area contributed by atoms with Gasteiger partial charge in [0.05, 0.1) is 5.75 Å². The molecule has 1 aliphatic heterocycles. The fraction of sp³-hybridized carbons (Fsp3) is 0.385. The van der Waals surface area contributed by atoms with E-state index >= 15 is 0 Å². The summed E-state index contributed by atoms with van der Waals surface area (Å²) in [4.78, 5) is 14.1. The van der Waals surface area contributed by atoms with Gasteiger partial charge in [0.2, 0.25) is 0 Å². The highest BCUT2D eigenvalue weighted by molar-refractivity contribution is 8.23. The SMILES string of the molecule is O=C(CSC(=S)N1CCCC1)c1ccccc1. The lowest BCUT2D eigenvalue weighted by Crippen LogP contribution is -2.24. The molecule has 1 fully saturated rings. The summed E-state index contributed by atoms with van der Waals surface area (Å²) in [5.74, 6) is 0.594. The molecule has 17 heavy (non-hydrogen) atoms.